The van der Waals surface area contributed by atoms with Gasteiger partial charge in [-0.05, 0) is 38.5 Å². The van der Waals surface area contributed by atoms with Crippen molar-refractivity contribution >= 4 is 22.6 Å². The summed E-state index contributed by atoms with van der Waals surface area (Å²) >= 11 is 0. The Morgan fingerprint density at radius 1 is 1.27 bits per heavy atom. The first-order valence-electron chi connectivity index (χ1n) is 11.9. The molecule has 1 aliphatic rings. The van der Waals surface area contributed by atoms with Crippen LogP contribution in [0.4, 0.5) is 23.4 Å². The quantitative estimate of drug-likeness (QED) is 0.439. The summed E-state index contributed by atoms with van der Waals surface area (Å²) in [5.74, 6) is -0.507. The molecule has 0 spiro atoms. The highest BCUT2D eigenvalue weighted by atomic mass is 19.4. The first-order valence-corrected chi connectivity index (χ1v) is 11.9. The summed E-state index contributed by atoms with van der Waals surface area (Å²) in [6, 6.07) is 4.21. The molecule has 0 unspecified atom stereocenters. The third-order valence-corrected chi connectivity index (χ3v) is 6.76. The zero-order chi connectivity index (χ0) is 27.0. The SMILES string of the molecule is CCN(Cc1ccc(C(F)(F)F)cc1F)c1ncnc2c1ccn2C[C@@]1(O)CCN(CC(C)=O)C[C@@H]1O. The fourth-order valence-corrected chi connectivity index (χ4v) is 4.73. The molecule has 1 fully saturated rings. The Morgan fingerprint density at radius 2 is 2.03 bits per heavy atom. The minimum atomic E-state index is -4.63. The highest BCUT2D eigenvalue weighted by molar-refractivity contribution is 5.87. The minimum absolute atomic E-state index is 0.00754. The molecule has 0 radical (unpaired) electrons. The Labute approximate surface area is 211 Å². The number of carbonyl (C=O) groups is 1. The lowest BCUT2D eigenvalue weighted by Gasteiger charge is -2.42. The van der Waals surface area contributed by atoms with Crippen LogP contribution >= 0.6 is 0 Å². The molecular weight excluding hydrogens is 494 g/mol. The summed E-state index contributed by atoms with van der Waals surface area (Å²) in [5, 5.41) is 22.5. The standard InChI is InChI=1S/C25H29F4N5O3/c1-3-33(12-17-4-5-18(10-20(17)26)25(27,28)29)22-19-6-8-34(23(19)31-15-30-22)14-24(37)7-9-32(11-16(2)35)13-21(24)36/h4-6,8,10,15,21,36-37H,3,7,9,11-14H2,1-2H3/t21-,24-/m0/s1. The molecule has 0 saturated carbocycles. The molecule has 12 heteroatoms. The number of carbonyl (C=O) groups excluding carboxylic acids is 1. The number of aliphatic hydroxyl groups is 2. The van der Waals surface area contributed by atoms with E-state index in [9.17, 15) is 32.6 Å². The van der Waals surface area contributed by atoms with Crippen LogP contribution in [0.3, 0.4) is 0 Å². The number of anilines is 1. The predicted molar refractivity (Wildman–Crippen MR) is 128 cm³/mol. The van der Waals surface area contributed by atoms with E-state index in [0.717, 1.165) is 12.1 Å². The van der Waals surface area contributed by atoms with Gasteiger partial charge in [0.2, 0.25) is 0 Å². The summed E-state index contributed by atoms with van der Waals surface area (Å²) < 4.78 is 55.0. The van der Waals surface area contributed by atoms with Crippen molar-refractivity contribution in [3.05, 3.63) is 53.7 Å². The number of hydrogen-bond acceptors (Lipinski definition) is 7. The topological polar surface area (TPSA) is 94.7 Å². The lowest BCUT2D eigenvalue weighted by Crippen LogP contribution is -2.58. The number of rotatable bonds is 8. The van der Waals surface area contributed by atoms with Crippen LogP contribution in [0.1, 0.15) is 31.4 Å². The van der Waals surface area contributed by atoms with Crippen molar-refractivity contribution in [3.8, 4) is 0 Å². The van der Waals surface area contributed by atoms with E-state index in [4.69, 9.17) is 0 Å². The maximum Gasteiger partial charge on any atom is 0.416 e. The van der Waals surface area contributed by atoms with Crippen LogP contribution in [0.2, 0.25) is 0 Å². The summed E-state index contributed by atoms with van der Waals surface area (Å²) in [6.45, 7) is 4.57. The Hall–Kier alpha value is -3.09. The summed E-state index contributed by atoms with van der Waals surface area (Å²) in [5.41, 5.74) is -1.90. The van der Waals surface area contributed by atoms with Crippen molar-refractivity contribution < 1.29 is 32.6 Å². The van der Waals surface area contributed by atoms with Crippen LogP contribution in [-0.2, 0) is 24.1 Å². The largest absolute Gasteiger partial charge is 0.416 e. The number of nitrogens with zero attached hydrogens (tertiary/aromatic N) is 5. The van der Waals surface area contributed by atoms with Crippen LogP contribution in [-0.4, -0.2) is 73.3 Å². The third kappa shape index (κ3) is 5.76. The van der Waals surface area contributed by atoms with Crippen molar-refractivity contribution in [2.75, 3.05) is 31.1 Å². The molecule has 1 aromatic carbocycles. The smallest absolute Gasteiger partial charge is 0.389 e. The third-order valence-electron chi connectivity index (χ3n) is 6.76. The number of fused-ring (bicyclic) bond motifs is 1. The van der Waals surface area contributed by atoms with Gasteiger partial charge in [0.15, 0.2) is 0 Å². The molecule has 4 rings (SSSR count). The maximum atomic E-state index is 14.5. The van der Waals surface area contributed by atoms with E-state index in [1.807, 2.05) is 6.92 Å². The van der Waals surface area contributed by atoms with Gasteiger partial charge in [0.05, 0.1) is 30.1 Å². The summed E-state index contributed by atoms with van der Waals surface area (Å²) in [6.07, 6.45) is -2.41. The lowest BCUT2D eigenvalue weighted by atomic mass is 9.88. The second kappa shape index (κ2) is 10.3. The average molecular weight is 524 g/mol. The van der Waals surface area contributed by atoms with E-state index >= 15 is 0 Å². The Balaban J connectivity index is 1.56. The number of piperidine rings is 1. The van der Waals surface area contributed by atoms with Crippen molar-refractivity contribution in [2.24, 2.45) is 0 Å². The average Bonchev–Trinajstić information content (AvgIpc) is 3.23. The van der Waals surface area contributed by atoms with E-state index in [0.29, 0.717) is 36.0 Å². The molecule has 0 aliphatic carbocycles. The minimum Gasteiger partial charge on any atom is -0.389 e. The number of aromatic nitrogens is 3. The molecule has 1 aliphatic heterocycles. The number of likely N-dealkylation sites (tertiary alicyclic amines) is 1. The Bertz CT molecular complexity index is 1280. The number of hydrogen-bond donors (Lipinski definition) is 2. The van der Waals surface area contributed by atoms with Gasteiger partial charge >= 0.3 is 6.18 Å². The van der Waals surface area contributed by atoms with E-state index in [2.05, 4.69) is 9.97 Å². The fraction of sp³-hybridized carbons (Fsp3) is 0.480. The van der Waals surface area contributed by atoms with Gasteiger partial charge < -0.3 is 19.7 Å². The zero-order valence-corrected chi connectivity index (χ0v) is 20.5. The van der Waals surface area contributed by atoms with Gasteiger partial charge in [-0.1, -0.05) is 6.07 Å². The van der Waals surface area contributed by atoms with Crippen molar-refractivity contribution in [1.29, 1.82) is 0 Å². The first kappa shape index (κ1) is 27.0. The second-order valence-corrected chi connectivity index (χ2v) is 9.50. The summed E-state index contributed by atoms with van der Waals surface area (Å²) in [7, 11) is 0. The second-order valence-electron chi connectivity index (χ2n) is 9.50. The van der Waals surface area contributed by atoms with E-state index in [1.54, 1.807) is 26.6 Å². The van der Waals surface area contributed by atoms with Gasteiger partial charge in [-0.15, -0.1) is 0 Å². The molecule has 0 amide bonds. The van der Waals surface area contributed by atoms with E-state index in [1.165, 1.54) is 13.3 Å². The molecule has 1 saturated heterocycles. The number of ketones is 1. The number of benzene rings is 1. The van der Waals surface area contributed by atoms with Crippen LogP contribution in [0.15, 0.2) is 36.8 Å². The monoisotopic (exact) mass is 523 g/mol. The molecule has 8 nitrogen and oxygen atoms in total. The highest BCUT2D eigenvalue weighted by Gasteiger charge is 2.41. The number of halogens is 4. The van der Waals surface area contributed by atoms with E-state index in [-0.39, 0.29) is 43.9 Å². The first-order chi connectivity index (χ1) is 17.4. The van der Waals surface area contributed by atoms with Crippen LogP contribution in [0.5, 0.6) is 0 Å². The normalized spacial score (nSPS) is 20.9. The fourth-order valence-electron chi connectivity index (χ4n) is 4.73. The van der Waals surface area contributed by atoms with Gasteiger partial charge in [-0.3, -0.25) is 9.69 Å². The number of β-amino-alcohol motifs (C(OH)–C–C–N with tert-alkyl or cyclic N) is 1. The van der Waals surface area contributed by atoms with Crippen LogP contribution in [0, 0.1) is 5.82 Å². The van der Waals surface area contributed by atoms with Crippen molar-refractivity contribution in [1.82, 2.24) is 19.4 Å². The highest BCUT2D eigenvalue weighted by Crippen LogP contribution is 2.32. The predicted octanol–water partition coefficient (Wildman–Crippen LogP) is 3.00. The molecule has 2 atom stereocenters. The molecule has 37 heavy (non-hydrogen) atoms. The molecule has 0 bridgehead atoms. The van der Waals surface area contributed by atoms with Crippen LogP contribution < -0.4 is 4.90 Å². The molecular formula is C25H29F4N5O3. The summed E-state index contributed by atoms with van der Waals surface area (Å²) in [4.78, 5) is 23.6. The zero-order valence-electron chi connectivity index (χ0n) is 20.5. The van der Waals surface area contributed by atoms with Crippen molar-refractivity contribution in [2.45, 2.75) is 51.2 Å². The van der Waals surface area contributed by atoms with Gasteiger partial charge in [0.25, 0.3) is 0 Å². The molecule has 3 heterocycles. The molecule has 200 valence electrons. The van der Waals surface area contributed by atoms with Gasteiger partial charge in [-0.2, -0.15) is 13.2 Å². The van der Waals surface area contributed by atoms with Gasteiger partial charge in [0, 0.05) is 37.9 Å². The number of aliphatic hydroxyl groups excluding tert-OH is 1. The number of alkyl halides is 3. The molecule has 2 N–H and O–H groups in total. The molecule has 3 aromatic rings. The van der Waals surface area contributed by atoms with Gasteiger partial charge in [-0.25, -0.2) is 14.4 Å². The van der Waals surface area contributed by atoms with Crippen LogP contribution in [0.25, 0.3) is 11.0 Å². The molecule has 2 aromatic heterocycles. The Kier molecular flexibility index (Phi) is 7.54. The maximum absolute atomic E-state index is 14.5. The Morgan fingerprint density at radius 3 is 2.65 bits per heavy atom. The van der Waals surface area contributed by atoms with Gasteiger partial charge in [0.1, 0.15) is 35.0 Å². The van der Waals surface area contributed by atoms with Crippen molar-refractivity contribution in [3.63, 3.8) is 0 Å². The lowest BCUT2D eigenvalue weighted by molar-refractivity contribution is -0.137. The number of Topliss-reactive ketones (excluding diaryl/α,β-unsaturated/α-hetero) is 1. The van der Waals surface area contributed by atoms with E-state index < -0.39 is 29.3 Å².